The van der Waals surface area contributed by atoms with Crippen LogP contribution in [-0.2, 0) is 4.79 Å². The number of carbonyl (C=O) groups is 1. The Labute approximate surface area is 136 Å². The van der Waals surface area contributed by atoms with Gasteiger partial charge in [0.25, 0.3) is 0 Å². The average molecular weight is 326 g/mol. The first-order valence-corrected chi connectivity index (χ1v) is 8.67. The van der Waals surface area contributed by atoms with Crippen LogP contribution in [-0.4, -0.2) is 51.2 Å². The van der Waals surface area contributed by atoms with Crippen molar-refractivity contribution in [2.75, 3.05) is 23.9 Å². The van der Waals surface area contributed by atoms with Gasteiger partial charge in [0.05, 0.1) is 12.1 Å². The molecule has 1 heterocycles. The van der Waals surface area contributed by atoms with Crippen molar-refractivity contribution in [1.82, 2.24) is 15.3 Å². The smallest absolute Gasteiger partial charge is 0.243 e. The number of aromatic nitrogens is 2. The molecule has 124 valence electrons. The minimum Gasteiger partial charge on any atom is -0.394 e. The molecule has 22 heavy (non-hydrogen) atoms. The zero-order valence-electron chi connectivity index (χ0n) is 13.9. The first-order valence-electron chi connectivity index (χ1n) is 7.28. The van der Waals surface area contributed by atoms with E-state index >= 15 is 0 Å². The summed E-state index contributed by atoms with van der Waals surface area (Å²) < 4.78 is 0. The van der Waals surface area contributed by atoms with Gasteiger partial charge in [0.1, 0.15) is 6.04 Å². The number of thioether (sulfide) groups is 1. The molecule has 1 amide bonds. The Bertz CT molecular complexity index is 488. The van der Waals surface area contributed by atoms with Gasteiger partial charge < -0.3 is 15.7 Å². The lowest BCUT2D eigenvalue weighted by atomic mass is 10.1. The van der Waals surface area contributed by atoms with E-state index in [0.29, 0.717) is 12.4 Å². The summed E-state index contributed by atoms with van der Waals surface area (Å²) in [7, 11) is 0. The highest BCUT2D eigenvalue weighted by atomic mass is 32.2. The van der Waals surface area contributed by atoms with Gasteiger partial charge in [0, 0.05) is 11.4 Å². The number of anilines is 1. The van der Waals surface area contributed by atoms with Crippen molar-refractivity contribution in [3.63, 3.8) is 0 Å². The van der Waals surface area contributed by atoms with E-state index in [2.05, 4.69) is 20.6 Å². The number of aliphatic hydroxyl groups excluding tert-OH is 1. The Morgan fingerprint density at radius 3 is 2.45 bits per heavy atom. The Balaban J connectivity index is 2.85. The van der Waals surface area contributed by atoms with Gasteiger partial charge in [-0.2, -0.15) is 11.8 Å². The Hall–Kier alpha value is -1.34. The summed E-state index contributed by atoms with van der Waals surface area (Å²) in [5.74, 6) is 1.14. The Morgan fingerprint density at radius 1 is 1.36 bits per heavy atom. The quantitative estimate of drug-likeness (QED) is 0.671. The highest BCUT2D eigenvalue weighted by Gasteiger charge is 2.25. The Morgan fingerprint density at radius 2 is 1.95 bits per heavy atom. The lowest BCUT2D eigenvalue weighted by Crippen LogP contribution is -2.52. The number of carbonyl (C=O) groups excluding carboxylic acids is 1. The maximum Gasteiger partial charge on any atom is 0.243 e. The molecule has 7 heteroatoms. The predicted octanol–water partition coefficient (Wildman–Crippen LogP) is 1.51. The first kappa shape index (κ1) is 18.7. The number of aliphatic hydroxyl groups is 1. The molecule has 0 aliphatic heterocycles. The van der Waals surface area contributed by atoms with Crippen LogP contribution in [0, 0.1) is 13.8 Å². The molecule has 3 N–H and O–H groups in total. The topological polar surface area (TPSA) is 87.1 Å². The summed E-state index contributed by atoms with van der Waals surface area (Å²) in [6, 6.07) is 1.45. The maximum absolute atomic E-state index is 12.4. The molecule has 0 radical (unpaired) electrons. The molecule has 0 fully saturated rings. The zero-order valence-corrected chi connectivity index (χ0v) is 14.8. The monoisotopic (exact) mass is 326 g/mol. The van der Waals surface area contributed by atoms with Crippen LogP contribution < -0.4 is 10.6 Å². The summed E-state index contributed by atoms with van der Waals surface area (Å²) in [6.45, 7) is 7.24. The molecular formula is C15H26N4O2S. The fraction of sp³-hybridized carbons (Fsp3) is 0.667. The number of rotatable bonds is 8. The van der Waals surface area contributed by atoms with Crippen molar-refractivity contribution < 1.29 is 9.90 Å². The molecule has 1 aromatic heterocycles. The van der Waals surface area contributed by atoms with Crippen molar-refractivity contribution in [1.29, 1.82) is 0 Å². The molecule has 0 aliphatic carbocycles. The SMILES string of the molecule is CSCCC(Nc1nc(C)cc(C)n1)C(=O)NC(C)(C)CO. The molecule has 0 saturated carbocycles. The summed E-state index contributed by atoms with van der Waals surface area (Å²) >= 11 is 1.68. The Kier molecular flexibility index (Phi) is 7.09. The van der Waals surface area contributed by atoms with Crippen molar-refractivity contribution in [2.24, 2.45) is 0 Å². The van der Waals surface area contributed by atoms with Crippen LogP contribution >= 0.6 is 11.8 Å². The third-order valence-electron chi connectivity index (χ3n) is 3.07. The van der Waals surface area contributed by atoms with Gasteiger partial charge in [-0.1, -0.05) is 0 Å². The maximum atomic E-state index is 12.4. The molecule has 0 saturated heterocycles. The first-order chi connectivity index (χ1) is 10.3. The van der Waals surface area contributed by atoms with Gasteiger partial charge >= 0.3 is 0 Å². The lowest BCUT2D eigenvalue weighted by Gasteiger charge is -2.27. The second kappa shape index (κ2) is 8.33. The number of nitrogens with zero attached hydrogens (tertiary/aromatic N) is 2. The summed E-state index contributed by atoms with van der Waals surface area (Å²) in [6.07, 6.45) is 2.66. The molecule has 1 rings (SSSR count). The van der Waals surface area contributed by atoms with Gasteiger partial charge in [-0.05, 0) is 52.2 Å². The number of hydrogen-bond acceptors (Lipinski definition) is 6. The van der Waals surface area contributed by atoms with Gasteiger partial charge in [-0.15, -0.1) is 0 Å². The normalized spacial score (nSPS) is 12.8. The highest BCUT2D eigenvalue weighted by Crippen LogP contribution is 2.11. The van der Waals surface area contributed by atoms with E-state index in [1.165, 1.54) is 0 Å². The zero-order chi connectivity index (χ0) is 16.8. The van der Waals surface area contributed by atoms with Gasteiger partial charge in [-0.25, -0.2) is 9.97 Å². The summed E-state index contributed by atoms with van der Waals surface area (Å²) in [5, 5.41) is 15.3. The second-order valence-corrected chi connectivity index (χ2v) is 6.97. The fourth-order valence-corrected chi connectivity index (χ4v) is 2.38. The average Bonchev–Trinajstić information content (AvgIpc) is 2.41. The number of amides is 1. The minimum atomic E-state index is -0.653. The van der Waals surface area contributed by atoms with E-state index in [9.17, 15) is 9.90 Å². The van der Waals surface area contributed by atoms with Gasteiger partial charge in [-0.3, -0.25) is 4.79 Å². The van der Waals surface area contributed by atoms with Crippen molar-refractivity contribution in [3.05, 3.63) is 17.5 Å². The van der Waals surface area contributed by atoms with E-state index in [1.54, 1.807) is 25.6 Å². The molecule has 1 atom stereocenters. The molecule has 1 aromatic rings. The summed E-state index contributed by atoms with van der Waals surface area (Å²) in [5.41, 5.74) is 1.06. The van der Waals surface area contributed by atoms with E-state index in [0.717, 1.165) is 17.1 Å². The minimum absolute atomic E-state index is 0.117. The standard InChI is InChI=1S/C15H26N4O2S/c1-10-8-11(2)17-14(16-10)18-12(6-7-22-5)13(21)19-15(3,4)9-20/h8,12,20H,6-7,9H2,1-5H3,(H,19,21)(H,16,17,18). The second-order valence-electron chi connectivity index (χ2n) is 5.98. The largest absolute Gasteiger partial charge is 0.394 e. The van der Waals surface area contributed by atoms with Crippen LogP contribution in [0.25, 0.3) is 0 Å². The number of aryl methyl sites for hydroxylation is 2. The van der Waals surface area contributed by atoms with Crippen LogP contribution in [0.1, 0.15) is 31.7 Å². The van der Waals surface area contributed by atoms with Crippen LogP contribution in [0.15, 0.2) is 6.07 Å². The van der Waals surface area contributed by atoms with E-state index in [4.69, 9.17) is 0 Å². The van der Waals surface area contributed by atoms with Crippen molar-refractivity contribution in [3.8, 4) is 0 Å². The molecule has 0 spiro atoms. The number of hydrogen-bond donors (Lipinski definition) is 3. The predicted molar refractivity (Wildman–Crippen MR) is 91.2 cm³/mol. The van der Waals surface area contributed by atoms with Gasteiger partial charge in [0.2, 0.25) is 11.9 Å². The van der Waals surface area contributed by atoms with Crippen LogP contribution in [0.2, 0.25) is 0 Å². The molecule has 6 nitrogen and oxygen atoms in total. The van der Waals surface area contributed by atoms with Crippen molar-refractivity contribution >= 4 is 23.6 Å². The highest BCUT2D eigenvalue weighted by molar-refractivity contribution is 7.98. The molecule has 1 unspecified atom stereocenters. The van der Waals surface area contributed by atoms with E-state index in [1.807, 2.05) is 26.2 Å². The van der Waals surface area contributed by atoms with Crippen LogP contribution in [0.3, 0.4) is 0 Å². The van der Waals surface area contributed by atoms with E-state index < -0.39 is 11.6 Å². The van der Waals surface area contributed by atoms with Crippen LogP contribution in [0.4, 0.5) is 5.95 Å². The molecule has 0 aliphatic rings. The fourth-order valence-electron chi connectivity index (χ4n) is 1.91. The molecule has 0 aromatic carbocycles. The summed E-state index contributed by atoms with van der Waals surface area (Å²) in [4.78, 5) is 21.1. The van der Waals surface area contributed by atoms with Gasteiger partial charge in [0.15, 0.2) is 0 Å². The van der Waals surface area contributed by atoms with E-state index in [-0.39, 0.29) is 12.5 Å². The number of nitrogens with one attached hydrogen (secondary N) is 2. The third-order valence-corrected chi connectivity index (χ3v) is 3.71. The lowest BCUT2D eigenvalue weighted by molar-refractivity contribution is -0.124. The van der Waals surface area contributed by atoms with Crippen LogP contribution in [0.5, 0.6) is 0 Å². The van der Waals surface area contributed by atoms with Crippen molar-refractivity contribution in [2.45, 2.75) is 45.7 Å². The molecule has 0 bridgehead atoms. The third kappa shape index (κ3) is 6.19. The molecular weight excluding hydrogens is 300 g/mol.